The van der Waals surface area contributed by atoms with Gasteiger partial charge in [0.05, 0.1) is 12.8 Å². The fourth-order valence-electron chi connectivity index (χ4n) is 1.48. The summed E-state index contributed by atoms with van der Waals surface area (Å²) in [7, 11) is 1.52. The molecule has 0 aromatic carbocycles. The zero-order valence-corrected chi connectivity index (χ0v) is 9.49. The van der Waals surface area contributed by atoms with Crippen LogP contribution in [0, 0.1) is 10.1 Å². The number of aromatic nitrogens is 2. The lowest BCUT2D eigenvalue weighted by Crippen LogP contribution is -2.25. The summed E-state index contributed by atoms with van der Waals surface area (Å²) in [6.07, 6.45) is 2.70. The molecular weight excluding hydrogens is 240 g/mol. The second kappa shape index (κ2) is 4.70. The first-order valence-corrected chi connectivity index (χ1v) is 5.06. The lowest BCUT2D eigenvalue weighted by atomic mass is 10.3. The largest absolute Gasteiger partial charge is 0.467 e. The van der Waals surface area contributed by atoms with Crippen molar-refractivity contribution in [3.63, 3.8) is 0 Å². The van der Waals surface area contributed by atoms with Crippen LogP contribution in [-0.2, 0) is 13.6 Å². The lowest BCUT2D eigenvalue weighted by Gasteiger charge is -2.03. The second-order valence-electron chi connectivity index (χ2n) is 3.55. The predicted octanol–water partition coefficient (Wildman–Crippen LogP) is 0.851. The fourth-order valence-corrected chi connectivity index (χ4v) is 1.48. The minimum atomic E-state index is -0.693. The minimum absolute atomic E-state index is 0.0912. The van der Waals surface area contributed by atoms with E-state index in [1.165, 1.54) is 24.2 Å². The Balaban J connectivity index is 2.13. The SMILES string of the molecule is Cn1cnc([N+](=O)[O-])c1C(=O)NCc1ccco1. The number of amides is 1. The molecule has 0 aliphatic carbocycles. The van der Waals surface area contributed by atoms with Gasteiger partial charge in [-0.25, -0.2) is 0 Å². The van der Waals surface area contributed by atoms with Crippen LogP contribution in [0.2, 0.25) is 0 Å². The number of hydrogen-bond donors (Lipinski definition) is 1. The summed E-state index contributed by atoms with van der Waals surface area (Å²) in [5.74, 6) is -0.472. The maximum atomic E-state index is 11.8. The number of imidazole rings is 1. The predicted molar refractivity (Wildman–Crippen MR) is 59.7 cm³/mol. The quantitative estimate of drug-likeness (QED) is 0.640. The Morgan fingerprint density at radius 1 is 1.67 bits per heavy atom. The van der Waals surface area contributed by atoms with Crippen molar-refractivity contribution in [3.8, 4) is 0 Å². The third-order valence-corrected chi connectivity index (χ3v) is 2.31. The van der Waals surface area contributed by atoms with Gasteiger partial charge in [0.1, 0.15) is 5.76 Å². The van der Waals surface area contributed by atoms with Gasteiger partial charge in [0.2, 0.25) is 12.0 Å². The number of nitrogens with one attached hydrogen (secondary N) is 1. The molecule has 8 nitrogen and oxygen atoms in total. The van der Waals surface area contributed by atoms with Crippen molar-refractivity contribution in [3.05, 3.63) is 46.3 Å². The molecule has 0 fully saturated rings. The van der Waals surface area contributed by atoms with Crippen LogP contribution in [-0.4, -0.2) is 20.4 Å². The van der Waals surface area contributed by atoms with Crippen LogP contribution in [0.5, 0.6) is 0 Å². The van der Waals surface area contributed by atoms with Gasteiger partial charge in [0.15, 0.2) is 0 Å². The molecule has 0 saturated carbocycles. The molecule has 2 rings (SSSR count). The minimum Gasteiger partial charge on any atom is -0.467 e. The Morgan fingerprint density at radius 3 is 3.06 bits per heavy atom. The summed E-state index contributed by atoms with van der Waals surface area (Å²) in [6, 6.07) is 3.38. The van der Waals surface area contributed by atoms with E-state index < -0.39 is 16.6 Å². The molecular formula is C10H10N4O4. The normalized spacial score (nSPS) is 10.3. The van der Waals surface area contributed by atoms with Gasteiger partial charge in [-0.2, -0.15) is 0 Å². The van der Waals surface area contributed by atoms with Crippen molar-refractivity contribution in [2.75, 3.05) is 0 Å². The molecule has 8 heteroatoms. The zero-order chi connectivity index (χ0) is 13.1. The molecule has 0 radical (unpaired) electrons. The lowest BCUT2D eigenvalue weighted by molar-refractivity contribution is -0.389. The van der Waals surface area contributed by atoms with Crippen LogP contribution in [0.4, 0.5) is 5.82 Å². The number of nitrogens with zero attached hydrogens (tertiary/aromatic N) is 3. The highest BCUT2D eigenvalue weighted by atomic mass is 16.6. The van der Waals surface area contributed by atoms with Crippen LogP contribution in [0.3, 0.4) is 0 Å². The second-order valence-corrected chi connectivity index (χ2v) is 3.55. The van der Waals surface area contributed by atoms with Crippen LogP contribution < -0.4 is 5.32 Å². The fraction of sp³-hybridized carbons (Fsp3) is 0.200. The standard InChI is InChI=1S/C10H10N4O4/c1-13-6-12-9(14(16)17)8(13)10(15)11-5-7-3-2-4-18-7/h2-4,6H,5H2,1H3,(H,11,15). The topological polar surface area (TPSA) is 103 Å². The molecule has 0 unspecified atom stereocenters. The van der Waals surface area contributed by atoms with Gasteiger partial charge in [-0.05, 0) is 22.0 Å². The Bertz CT molecular complexity index is 573. The molecule has 0 aliphatic rings. The van der Waals surface area contributed by atoms with Gasteiger partial charge in [0.25, 0.3) is 5.91 Å². The Labute approximate surface area is 101 Å². The van der Waals surface area contributed by atoms with Crippen molar-refractivity contribution in [1.29, 1.82) is 0 Å². The summed E-state index contributed by atoms with van der Waals surface area (Å²) in [6.45, 7) is 0.161. The summed E-state index contributed by atoms with van der Waals surface area (Å²) in [5.41, 5.74) is -0.0912. The molecule has 0 spiro atoms. The molecule has 0 aliphatic heterocycles. The Hall–Kier alpha value is -2.64. The van der Waals surface area contributed by atoms with Crippen LogP contribution in [0.25, 0.3) is 0 Å². The molecule has 1 N–H and O–H groups in total. The third-order valence-electron chi connectivity index (χ3n) is 2.31. The first-order valence-electron chi connectivity index (χ1n) is 5.06. The van der Waals surface area contributed by atoms with Crippen molar-refractivity contribution in [2.45, 2.75) is 6.54 Å². The van der Waals surface area contributed by atoms with Gasteiger partial charge in [0, 0.05) is 7.05 Å². The summed E-state index contributed by atoms with van der Waals surface area (Å²) < 4.78 is 6.34. The highest BCUT2D eigenvalue weighted by Crippen LogP contribution is 2.14. The monoisotopic (exact) mass is 250 g/mol. The molecule has 94 valence electrons. The average Bonchev–Trinajstić information content (AvgIpc) is 2.94. The third kappa shape index (κ3) is 2.21. The highest BCUT2D eigenvalue weighted by molar-refractivity contribution is 5.95. The first-order chi connectivity index (χ1) is 8.59. The molecule has 1 amide bonds. The highest BCUT2D eigenvalue weighted by Gasteiger charge is 2.26. The van der Waals surface area contributed by atoms with E-state index in [4.69, 9.17) is 4.42 Å². The zero-order valence-electron chi connectivity index (χ0n) is 9.49. The Kier molecular flexibility index (Phi) is 3.09. The van der Waals surface area contributed by atoms with Gasteiger partial charge in [-0.15, -0.1) is 0 Å². The molecule has 0 atom stereocenters. The van der Waals surface area contributed by atoms with E-state index in [0.29, 0.717) is 5.76 Å². The molecule has 0 bridgehead atoms. The summed E-state index contributed by atoms with van der Waals surface area (Å²) in [5, 5.41) is 13.2. The van der Waals surface area contributed by atoms with E-state index >= 15 is 0 Å². The van der Waals surface area contributed by atoms with E-state index in [9.17, 15) is 14.9 Å². The number of aryl methyl sites for hydroxylation is 1. The number of nitro groups is 1. The average molecular weight is 250 g/mol. The molecule has 2 aromatic rings. The van der Waals surface area contributed by atoms with Crippen LogP contribution >= 0.6 is 0 Å². The van der Waals surface area contributed by atoms with Crippen molar-refractivity contribution in [1.82, 2.24) is 14.9 Å². The summed E-state index contributed by atoms with van der Waals surface area (Å²) in [4.78, 5) is 25.4. The van der Waals surface area contributed by atoms with Gasteiger partial charge in [-0.1, -0.05) is 0 Å². The maximum absolute atomic E-state index is 11.8. The van der Waals surface area contributed by atoms with Gasteiger partial charge in [-0.3, -0.25) is 4.79 Å². The van der Waals surface area contributed by atoms with E-state index in [-0.39, 0.29) is 12.2 Å². The van der Waals surface area contributed by atoms with Crippen molar-refractivity contribution < 1.29 is 14.1 Å². The van der Waals surface area contributed by atoms with Crippen molar-refractivity contribution >= 4 is 11.7 Å². The number of carbonyl (C=O) groups excluding carboxylic acids is 1. The number of hydrogen-bond acceptors (Lipinski definition) is 5. The van der Waals surface area contributed by atoms with Crippen LogP contribution in [0.1, 0.15) is 16.2 Å². The van der Waals surface area contributed by atoms with Gasteiger partial charge < -0.3 is 24.4 Å². The first kappa shape index (κ1) is 11.8. The van der Waals surface area contributed by atoms with E-state index in [0.717, 1.165) is 0 Å². The van der Waals surface area contributed by atoms with E-state index in [2.05, 4.69) is 10.3 Å². The smallest absolute Gasteiger partial charge is 0.394 e. The Morgan fingerprint density at radius 2 is 2.44 bits per heavy atom. The van der Waals surface area contributed by atoms with E-state index in [1.54, 1.807) is 12.1 Å². The van der Waals surface area contributed by atoms with Crippen LogP contribution in [0.15, 0.2) is 29.1 Å². The molecule has 2 aromatic heterocycles. The number of furan rings is 1. The number of rotatable bonds is 4. The molecule has 2 heterocycles. The maximum Gasteiger partial charge on any atom is 0.394 e. The van der Waals surface area contributed by atoms with E-state index in [1.807, 2.05) is 0 Å². The summed E-state index contributed by atoms with van der Waals surface area (Å²) >= 11 is 0. The molecule has 18 heavy (non-hydrogen) atoms. The van der Waals surface area contributed by atoms with Gasteiger partial charge >= 0.3 is 5.82 Å². The van der Waals surface area contributed by atoms with Crippen molar-refractivity contribution in [2.24, 2.45) is 7.05 Å². The number of carbonyl (C=O) groups is 1. The molecule has 0 saturated heterocycles.